The third kappa shape index (κ3) is 6.68. The molecule has 3 rings (SSSR count). The lowest BCUT2D eigenvalue weighted by Gasteiger charge is -2.21. The van der Waals surface area contributed by atoms with Crippen molar-refractivity contribution < 1.29 is 9.47 Å². The highest BCUT2D eigenvalue weighted by Crippen LogP contribution is 2.30. The fourth-order valence-corrected chi connectivity index (χ4v) is 4.33. The summed E-state index contributed by atoms with van der Waals surface area (Å²) in [6, 6.07) is 6.34. The highest BCUT2D eigenvalue weighted by Gasteiger charge is 2.24. The third-order valence-electron chi connectivity index (χ3n) is 6.00. The number of aryl methyl sites for hydroxylation is 2. The van der Waals surface area contributed by atoms with Crippen LogP contribution in [0.5, 0.6) is 11.5 Å². The molecule has 1 unspecified atom stereocenters. The second-order valence-electron chi connectivity index (χ2n) is 8.04. The highest BCUT2D eigenvalue weighted by atomic mass is 127. The molecule has 8 nitrogen and oxygen atoms in total. The van der Waals surface area contributed by atoms with Gasteiger partial charge in [-0.25, -0.2) is 4.99 Å². The molecule has 1 aromatic carbocycles. The number of methoxy groups -OCH3 is 2. The van der Waals surface area contributed by atoms with Crippen molar-refractivity contribution in [2.45, 2.75) is 52.6 Å². The molecule has 1 aliphatic heterocycles. The fourth-order valence-electron chi connectivity index (χ4n) is 4.33. The lowest BCUT2D eigenvalue weighted by molar-refractivity contribution is 0.394. The van der Waals surface area contributed by atoms with E-state index in [-0.39, 0.29) is 24.0 Å². The van der Waals surface area contributed by atoms with Gasteiger partial charge in [-0.1, -0.05) is 13.8 Å². The number of hydrogen-bond donors (Lipinski definition) is 2. The van der Waals surface area contributed by atoms with Crippen LogP contribution in [0.4, 0.5) is 5.69 Å². The number of guanidine groups is 1. The second-order valence-corrected chi connectivity index (χ2v) is 8.04. The topological polar surface area (TPSA) is 75.9 Å². The predicted octanol–water partition coefficient (Wildman–Crippen LogP) is 3.51. The van der Waals surface area contributed by atoms with Crippen molar-refractivity contribution in [3.63, 3.8) is 0 Å². The molecule has 2 heterocycles. The normalized spacial score (nSPS) is 15.9. The summed E-state index contributed by atoms with van der Waals surface area (Å²) in [5, 5.41) is 11.7. The number of aromatic nitrogens is 2. The number of anilines is 1. The summed E-state index contributed by atoms with van der Waals surface area (Å²) >= 11 is 0. The van der Waals surface area contributed by atoms with Gasteiger partial charge in [-0.3, -0.25) is 4.68 Å². The minimum atomic E-state index is 0. The van der Waals surface area contributed by atoms with E-state index in [0.29, 0.717) is 12.6 Å². The van der Waals surface area contributed by atoms with Crippen molar-refractivity contribution in [2.75, 3.05) is 38.8 Å². The van der Waals surface area contributed by atoms with Gasteiger partial charge < -0.3 is 25.0 Å². The van der Waals surface area contributed by atoms with Crippen LogP contribution >= 0.6 is 24.0 Å². The van der Waals surface area contributed by atoms with Crippen LogP contribution in [0.25, 0.3) is 0 Å². The van der Waals surface area contributed by atoms with Gasteiger partial charge in [0.05, 0.1) is 26.5 Å². The number of rotatable bonds is 9. The molecule has 1 fully saturated rings. The van der Waals surface area contributed by atoms with Crippen molar-refractivity contribution in [3.8, 4) is 11.5 Å². The van der Waals surface area contributed by atoms with Crippen LogP contribution < -0.4 is 25.0 Å². The van der Waals surface area contributed by atoms with Crippen LogP contribution in [-0.4, -0.2) is 55.6 Å². The summed E-state index contributed by atoms with van der Waals surface area (Å²) in [5.74, 6) is 2.47. The fraction of sp³-hybridized carbons (Fsp3) is 0.583. The van der Waals surface area contributed by atoms with Crippen molar-refractivity contribution in [1.82, 2.24) is 20.4 Å². The molecular formula is C24H39IN6O2. The molecule has 0 aliphatic carbocycles. The molecule has 0 amide bonds. The zero-order chi connectivity index (χ0) is 23.1. The van der Waals surface area contributed by atoms with Crippen LogP contribution in [0.2, 0.25) is 0 Å². The van der Waals surface area contributed by atoms with E-state index >= 15 is 0 Å². The molecule has 9 heteroatoms. The first kappa shape index (κ1) is 27.1. The van der Waals surface area contributed by atoms with Crippen molar-refractivity contribution in [1.29, 1.82) is 0 Å². The molecule has 0 bridgehead atoms. The number of aliphatic imine (C=N–C) groups is 1. The maximum absolute atomic E-state index is 5.44. The molecule has 1 atom stereocenters. The Morgan fingerprint density at radius 3 is 2.39 bits per heavy atom. The van der Waals surface area contributed by atoms with Crippen LogP contribution in [-0.2, 0) is 26.4 Å². The van der Waals surface area contributed by atoms with Gasteiger partial charge in [0, 0.05) is 67.9 Å². The molecule has 1 saturated heterocycles. The zero-order valence-corrected chi connectivity index (χ0v) is 23.1. The van der Waals surface area contributed by atoms with Crippen molar-refractivity contribution in [2.24, 2.45) is 12.0 Å². The Kier molecular flexibility index (Phi) is 10.6. The van der Waals surface area contributed by atoms with E-state index in [9.17, 15) is 0 Å². The van der Waals surface area contributed by atoms with Crippen LogP contribution in [0.1, 0.15) is 44.1 Å². The first-order chi connectivity index (χ1) is 15.5. The Morgan fingerprint density at radius 1 is 1.12 bits per heavy atom. The smallest absolute Gasteiger partial charge is 0.191 e. The Balaban J connectivity index is 0.00000385. The molecule has 0 spiro atoms. The van der Waals surface area contributed by atoms with Gasteiger partial charge in [0.15, 0.2) is 5.96 Å². The van der Waals surface area contributed by atoms with Crippen LogP contribution in [0, 0.1) is 0 Å². The molecule has 33 heavy (non-hydrogen) atoms. The molecular weight excluding hydrogens is 531 g/mol. The first-order valence-corrected chi connectivity index (χ1v) is 11.6. The maximum Gasteiger partial charge on any atom is 0.191 e. The van der Waals surface area contributed by atoms with Gasteiger partial charge in [-0.05, 0) is 26.2 Å². The monoisotopic (exact) mass is 570 g/mol. The molecule has 2 N–H and O–H groups in total. The molecule has 184 valence electrons. The van der Waals surface area contributed by atoms with E-state index in [4.69, 9.17) is 14.5 Å². The Bertz CT molecular complexity index is 908. The Hall–Kier alpha value is -2.17. The van der Waals surface area contributed by atoms with E-state index < -0.39 is 0 Å². The van der Waals surface area contributed by atoms with Crippen molar-refractivity contribution >= 4 is 35.6 Å². The van der Waals surface area contributed by atoms with Gasteiger partial charge in [-0.2, -0.15) is 5.10 Å². The summed E-state index contributed by atoms with van der Waals surface area (Å²) in [6.07, 6.45) is 2.92. The van der Waals surface area contributed by atoms with Gasteiger partial charge >= 0.3 is 0 Å². The number of ether oxygens (including phenoxy) is 2. The van der Waals surface area contributed by atoms with Crippen LogP contribution in [0.15, 0.2) is 23.2 Å². The number of benzene rings is 1. The van der Waals surface area contributed by atoms with E-state index in [1.165, 1.54) is 11.3 Å². The number of nitrogens with zero attached hydrogens (tertiary/aromatic N) is 4. The number of nitrogens with one attached hydrogen (secondary N) is 2. The van der Waals surface area contributed by atoms with E-state index in [0.717, 1.165) is 67.7 Å². The van der Waals surface area contributed by atoms with E-state index in [1.54, 1.807) is 14.2 Å². The van der Waals surface area contributed by atoms with Gasteiger partial charge in [0.1, 0.15) is 11.5 Å². The minimum absolute atomic E-state index is 0. The largest absolute Gasteiger partial charge is 0.497 e. The molecule has 0 radical (unpaired) electrons. The average Bonchev–Trinajstić information content (AvgIpc) is 3.40. The summed E-state index contributed by atoms with van der Waals surface area (Å²) in [4.78, 5) is 7.27. The first-order valence-electron chi connectivity index (χ1n) is 11.6. The van der Waals surface area contributed by atoms with Crippen molar-refractivity contribution in [3.05, 3.63) is 35.2 Å². The quantitative estimate of drug-likeness (QED) is 0.273. The lowest BCUT2D eigenvalue weighted by atomic mass is 10.1. The minimum Gasteiger partial charge on any atom is -0.497 e. The summed E-state index contributed by atoms with van der Waals surface area (Å²) in [5.41, 5.74) is 4.78. The SMILES string of the molecule is CCNC(=NCc1c(CC)nn(C)c1CC)NC1CCN(c2cc(OC)cc(OC)c2)C1.I. The summed E-state index contributed by atoms with van der Waals surface area (Å²) < 4.78 is 12.9. The van der Waals surface area contributed by atoms with E-state index in [1.807, 2.05) is 17.8 Å². The van der Waals surface area contributed by atoms with Gasteiger partial charge in [0.2, 0.25) is 0 Å². The maximum atomic E-state index is 5.44. The molecule has 0 saturated carbocycles. The number of halogens is 1. The molecule has 1 aliphatic rings. The van der Waals surface area contributed by atoms with Gasteiger partial charge in [0.25, 0.3) is 0 Å². The second kappa shape index (κ2) is 12.9. The summed E-state index contributed by atoms with van der Waals surface area (Å²) in [7, 11) is 5.39. The Labute approximate surface area is 215 Å². The van der Waals surface area contributed by atoms with Gasteiger partial charge in [-0.15, -0.1) is 24.0 Å². The standard InChI is InChI=1S/C24H38N6O2.HI/c1-7-22-21(23(8-2)29(4)28-22)15-26-24(25-9-3)27-17-10-11-30(16-17)18-12-19(31-5)14-20(13-18)32-6;/h12-14,17H,7-11,15-16H2,1-6H3,(H2,25,26,27);1H. The lowest BCUT2D eigenvalue weighted by Crippen LogP contribution is -2.44. The third-order valence-corrected chi connectivity index (χ3v) is 6.00. The van der Waals surface area contributed by atoms with Crippen LogP contribution in [0.3, 0.4) is 0 Å². The Morgan fingerprint density at radius 2 is 1.82 bits per heavy atom. The molecule has 1 aromatic heterocycles. The zero-order valence-electron chi connectivity index (χ0n) is 20.8. The number of hydrogen-bond acceptors (Lipinski definition) is 5. The average molecular weight is 571 g/mol. The summed E-state index contributed by atoms with van der Waals surface area (Å²) in [6.45, 7) is 9.75. The van der Waals surface area contributed by atoms with E-state index in [2.05, 4.69) is 53.5 Å². The predicted molar refractivity (Wildman–Crippen MR) is 145 cm³/mol. The highest BCUT2D eigenvalue weighted by molar-refractivity contribution is 14.0. The molecule has 2 aromatic rings.